The van der Waals surface area contributed by atoms with E-state index in [0.717, 1.165) is 4.73 Å². The summed E-state index contributed by atoms with van der Waals surface area (Å²) in [6, 6.07) is 3.76. The first-order valence-corrected chi connectivity index (χ1v) is 6.83. The van der Waals surface area contributed by atoms with Crippen LogP contribution < -0.4 is 10.5 Å². The zero-order chi connectivity index (χ0) is 16.4. The number of ether oxygens (including phenoxy) is 1. The van der Waals surface area contributed by atoms with Crippen LogP contribution in [0.1, 0.15) is 29.3 Å². The van der Waals surface area contributed by atoms with Gasteiger partial charge in [0.25, 0.3) is 0 Å². The first kappa shape index (κ1) is 15.8. The summed E-state index contributed by atoms with van der Waals surface area (Å²) in [5.74, 6) is -1.19. The van der Waals surface area contributed by atoms with Crippen LogP contribution in [0.5, 0.6) is 5.88 Å². The van der Waals surface area contributed by atoms with E-state index in [1.165, 1.54) is 7.11 Å². The van der Waals surface area contributed by atoms with E-state index in [4.69, 9.17) is 15.6 Å². The highest BCUT2D eigenvalue weighted by molar-refractivity contribution is 6.09. The van der Waals surface area contributed by atoms with Crippen molar-refractivity contribution in [3.05, 3.63) is 29.3 Å². The number of carboxylic acid groups (broad SMARTS) is 1. The maximum Gasteiger partial charge on any atom is 0.320 e. The normalized spacial score (nSPS) is 12.3. The number of Topliss-reactive ketones (excluding diaryl/α,β-unsaturated/α-hetero) is 1. The van der Waals surface area contributed by atoms with E-state index in [2.05, 4.69) is 0 Å². The van der Waals surface area contributed by atoms with Gasteiger partial charge >= 0.3 is 5.97 Å². The zero-order valence-electron chi connectivity index (χ0n) is 12.4. The highest BCUT2D eigenvalue weighted by Crippen LogP contribution is 2.34. The Morgan fingerprint density at radius 1 is 1.41 bits per heavy atom. The number of nitrogens with zero attached hydrogens (tertiary/aromatic N) is 1. The van der Waals surface area contributed by atoms with E-state index in [9.17, 15) is 14.8 Å². The Morgan fingerprint density at radius 3 is 2.64 bits per heavy atom. The summed E-state index contributed by atoms with van der Waals surface area (Å²) in [7, 11) is 1.36. The zero-order valence-corrected chi connectivity index (χ0v) is 12.4. The second-order valence-corrected chi connectivity index (χ2v) is 4.92. The fourth-order valence-corrected chi connectivity index (χ4v) is 2.51. The molecule has 7 nitrogen and oxygen atoms in total. The van der Waals surface area contributed by atoms with E-state index in [1.54, 1.807) is 25.1 Å². The summed E-state index contributed by atoms with van der Waals surface area (Å²) in [5.41, 5.74) is 6.80. The van der Waals surface area contributed by atoms with Crippen LogP contribution in [0.4, 0.5) is 0 Å². The van der Waals surface area contributed by atoms with Crippen molar-refractivity contribution in [1.29, 1.82) is 0 Å². The number of carbonyl (C=O) groups is 2. The lowest BCUT2D eigenvalue weighted by Gasteiger charge is -2.09. The molecule has 4 N–H and O–H groups in total. The Labute approximate surface area is 126 Å². The highest BCUT2D eigenvalue weighted by Gasteiger charge is 2.25. The Morgan fingerprint density at radius 2 is 2.09 bits per heavy atom. The van der Waals surface area contributed by atoms with Crippen LogP contribution in [-0.2, 0) is 11.2 Å². The van der Waals surface area contributed by atoms with E-state index < -0.39 is 12.0 Å². The molecule has 1 aromatic heterocycles. The number of carboxylic acids is 1. The van der Waals surface area contributed by atoms with Gasteiger partial charge in [0.2, 0.25) is 5.88 Å². The summed E-state index contributed by atoms with van der Waals surface area (Å²) >= 11 is 0. The molecule has 0 aliphatic heterocycles. The fourth-order valence-electron chi connectivity index (χ4n) is 2.51. The minimum atomic E-state index is -1.17. The molecule has 0 fully saturated rings. The molecular formula is C15H18N2O5. The van der Waals surface area contributed by atoms with Gasteiger partial charge in [0, 0.05) is 29.4 Å². The quantitative estimate of drug-likeness (QED) is 0.549. The second-order valence-electron chi connectivity index (χ2n) is 4.92. The van der Waals surface area contributed by atoms with Crippen LogP contribution >= 0.6 is 0 Å². The number of aliphatic carboxylic acids is 1. The van der Waals surface area contributed by atoms with Crippen molar-refractivity contribution in [1.82, 2.24) is 4.73 Å². The van der Waals surface area contributed by atoms with Gasteiger partial charge in [0.15, 0.2) is 5.78 Å². The molecule has 2 aromatic rings. The predicted molar refractivity (Wildman–Crippen MR) is 79.6 cm³/mol. The molecule has 0 amide bonds. The third-order valence-corrected chi connectivity index (χ3v) is 3.58. The molecule has 1 heterocycles. The van der Waals surface area contributed by atoms with Gasteiger partial charge < -0.3 is 20.8 Å². The average molecular weight is 306 g/mol. The van der Waals surface area contributed by atoms with Crippen molar-refractivity contribution in [3.8, 4) is 5.88 Å². The van der Waals surface area contributed by atoms with E-state index in [1.807, 2.05) is 0 Å². The van der Waals surface area contributed by atoms with Crippen molar-refractivity contribution in [2.45, 2.75) is 25.8 Å². The smallest absolute Gasteiger partial charge is 0.320 e. The van der Waals surface area contributed by atoms with Gasteiger partial charge in [-0.25, -0.2) is 0 Å². The van der Waals surface area contributed by atoms with Crippen LogP contribution in [0.25, 0.3) is 10.9 Å². The molecule has 7 heteroatoms. The topological polar surface area (TPSA) is 115 Å². The van der Waals surface area contributed by atoms with Gasteiger partial charge in [-0.15, -0.1) is 0 Å². The number of ketones is 1. The highest BCUT2D eigenvalue weighted by atomic mass is 16.5. The molecule has 0 radical (unpaired) electrons. The molecule has 1 aromatic carbocycles. The van der Waals surface area contributed by atoms with Crippen LogP contribution in [0, 0.1) is 0 Å². The molecule has 1 unspecified atom stereocenters. The van der Waals surface area contributed by atoms with Crippen molar-refractivity contribution in [2.75, 3.05) is 7.11 Å². The van der Waals surface area contributed by atoms with E-state index in [0.29, 0.717) is 28.5 Å². The first-order chi connectivity index (χ1) is 10.4. The summed E-state index contributed by atoms with van der Waals surface area (Å²) < 4.78 is 5.97. The molecule has 0 saturated carbocycles. The number of hydrogen-bond acceptors (Lipinski definition) is 5. The summed E-state index contributed by atoms with van der Waals surface area (Å²) in [6.07, 6.45) is 0.235. The Hall–Kier alpha value is -2.54. The lowest BCUT2D eigenvalue weighted by atomic mass is 9.98. The minimum Gasteiger partial charge on any atom is -0.480 e. The van der Waals surface area contributed by atoms with Crippen LogP contribution in [-0.4, -0.2) is 39.9 Å². The molecule has 0 spiro atoms. The van der Waals surface area contributed by atoms with Gasteiger partial charge in [0.05, 0.1) is 12.6 Å². The van der Waals surface area contributed by atoms with Crippen LogP contribution in [0.15, 0.2) is 18.2 Å². The van der Waals surface area contributed by atoms with Gasteiger partial charge in [0.1, 0.15) is 6.04 Å². The largest absolute Gasteiger partial charge is 0.480 e. The average Bonchev–Trinajstić information content (AvgIpc) is 2.78. The van der Waals surface area contributed by atoms with Gasteiger partial charge in [-0.1, -0.05) is 19.1 Å². The van der Waals surface area contributed by atoms with Crippen molar-refractivity contribution < 1.29 is 24.6 Å². The van der Waals surface area contributed by atoms with E-state index in [-0.39, 0.29) is 18.1 Å². The number of aromatic nitrogens is 1. The molecule has 0 aliphatic rings. The second kappa shape index (κ2) is 6.07. The Kier molecular flexibility index (Phi) is 4.37. The molecule has 0 saturated heterocycles. The number of benzene rings is 1. The first-order valence-electron chi connectivity index (χ1n) is 6.83. The van der Waals surface area contributed by atoms with Gasteiger partial charge in [-0.3, -0.25) is 9.59 Å². The number of hydrogen-bond donors (Lipinski definition) is 3. The monoisotopic (exact) mass is 306 g/mol. The SMILES string of the molecule is CCC(=O)c1cccc2c1c(CC(N)C(=O)O)c(OC)n2O. The third-order valence-electron chi connectivity index (χ3n) is 3.58. The maximum absolute atomic E-state index is 12.1. The van der Waals surface area contributed by atoms with E-state index >= 15 is 0 Å². The lowest BCUT2D eigenvalue weighted by Crippen LogP contribution is -2.32. The summed E-state index contributed by atoms with van der Waals surface area (Å²) in [5, 5.41) is 19.7. The van der Waals surface area contributed by atoms with Gasteiger partial charge in [-0.05, 0) is 6.07 Å². The van der Waals surface area contributed by atoms with Crippen molar-refractivity contribution in [2.24, 2.45) is 5.73 Å². The minimum absolute atomic E-state index is 0.0590. The Balaban J connectivity index is 2.75. The Bertz CT molecular complexity index is 735. The van der Waals surface area contributed by atoms with Crippen LogP contribution in [0.3, 0.4) is 0 Å². The van der Waals surface area contributed by atoms with Gasteiger partial charge in [-0.2, -0.15) is 4.73 Å². The molecular weight excluding hydrogens is 288 g/mol. The molecule has 0 aliphatic carbocycles. The molecule has 2 rings (SSSR count). The number of nitrogens with two attached hydrogens (primary N) is 1. The third kappa shape index (κ3) is 2.50. The number of fused-ring (bicyclic) bond motifs is 1. The standard InChI is InChI=1S/C15H18N2O5/c1-3-12(18)8-5-4-6-11-13(8)9(7-10(16)15(19)20)14(22-2)17(11)21/h4-6,10,21H,3,7,16H2,1-2H3,(H,19,20). The molecule has 0 bridgehead atoms. The molecule has 22 heavy (non-hydrogen) atoms. The maximum atomic E-state index is 12.1. The van der Waals surface area contributed by atoms with Crippen molar-refractivity contribution in [3.63, 3.8) is 0 Å². The number of rotatable bonds is 6. The summed E-state index contributed by atoms with van der Waals surface area (Å²) in [6.45, 7) is 1.73. The number of carbonyl (C=O) groups excluding carboxylic acids is 1. The van der Waals surface area contributed by atoms with Crippen molar-refractivity contribution >= 4 is 22.7 Å². The number of methoxy groups -OCH3 is 1. The predicted octanol–water partition coefficient (Wildman–Crippen LogP) is 1.43. The fraction of sp³-hybridized carbons (Fsp3) is 0.333. The molecule has 118 valence electrons. The summed E-state index contributed by atoms with van der Waals surface area (Å²) in [4.78, 5) is 23.1. The van der Waals surface area contributed by atoms with Crippen LogP contribution in [0.2, 0.25) is 0 Å². The molecule has 1 atom stereocenters. The lowest BCUT2D eigenvalue weighted by molar-refractivity contribution is -0.138.